The number of hydrogen-bond donors (Lipinski definition) is 2. The molecule has 2 aromatic carbocycles. The molecule has 0 aliphatic carbocycles. The van der Waals surface area contributed by atoms with Crippen molar-refractivity contribution in [2.75, 3.05) is 16.4 Å². The molecular formula is C14H13N3O. The van der Waals surface area contributed by atoms with E-state index in [0.717, 1.165) is 16.9 Å². The zero-order chi connectivity index (χ0) is 12.7. The fourth-order valence-electron chi connectivity index (χ4n) is 2.30. The number of anilines is 4. The van der Waals surface area contributed by atoms with Gasteiger partial charge in [0.25, 0.3) is 0 Å². The predicted octanol–water partition coefficient (Wildman–Crippen LogP) is 2.07. The van der Waals surface area contributed by atoms with Crippen LogP contribution in [0.1, 0.15) is 5.56 Å². The topological polar surface area (TPSA) is 72.4 Å². The molecule has 90 valence electrons. The van der Waals surface area contributed by atoms with Crippen molar-refractivity contribution in [1.82, 2.24) is 0 Å². The number of carbonyl (C=O) groups excluding carboxylic acids is 1. The quantitative estimate of drug-likeness (QED) is 0.748. The number of nitrogens with two attached hydrogens (primary N) is 2. The third-order valence-electron chi connectivity index (χ3n) is 3.11. The van der Waals surface area contributed by atoms with Gasteiger partial charge in [-0.05, 0) is 35.9 Å². The highest BCUT2D eigenvalue weighted by Crippen LogP contribution is 2.38. The standard InChI is InChI=1S/C14H13N3O/c15-10-5-6-12-9(7-10)8-14(18)17(12)13-4-2-1-3-11(13)16/h1-7H,8,15-16H2. The van der Waals surface area contributed by atoms with Crippen molar-refractivity contribution in [3.8, 4) is 0 Å². The predicted molar refractivity (Wildman–Crippen MR) is 72.6 cm³/mol. The molecule has 0 bridgehead atoms. The molecule has 1 heterocycles. The molecule has 0 saturated heterocycles. The van der Waals surface area contributed by atoms with Gasteiger partial charge < -0.3 is 11.5 Å². The summed E-state index contributed by atoms with van der Waals surface area (Å²) in [5, 5.41) is 0. The van der Waals surface area contributed by atoms with Crippen LogP contribution in [-0.2, 0) is 11.2 Å². The lowest BCUT2D eigenvalue weighted by molar-refractivity contribution is -0.116. The molecular weight excluding hydrogens is 226 g/mol. The van der Waals surface area contributed by atoms with Crippen LogP contribution in [0.5, 0.6) is 0 Å². The van der Waals surface area contributed by atoms with Gasteiger partial charge in [-0.15, -0.1) is 0 Å². The number of carbonyl (C=O) groups is 1. The maximum atomic E-state index is 12.1. The van der Waals surface area contributed by atoms with Crippen molar-refractivity contribution < 1.29 is 4.79 Å². The molecule has 2 aromatic rings. The van der Waals surface area contributed by atoms with Crippen molar-refractivity contribution in [1.29, 1.82) is 0 Å². The summed E-state index contributed by atoms with van der Waals surface area (Å²) in [6.07, 6.45) is 0.370. The molecule has 0 unspecified atom stereocenters. The van der Waals surface area contributed by atoms with Crippen LogP contribution in [0.4, 0.5) is 22.7 Å². The van der Waals surface area contributed by atoms with Crippen molar-refractivity contribution in [2.24, 2.45) is 0 Å². The fourth-order valence-corrected chi connectivity index (χ4v) is 2.30. The molecule has 0 fully saturated rings. The first-order valence-corrected chi connectivity index (χ1v) is 5.72. The number of amides is 1. The van der Waals surface area contributed by atoms with Gasteiger partial charge in [0, 0.05) is 5.69 Å². The van der Waals surface area contributed by atoms with Gasteiger partial charge in [-0.3, -0.25) is 9.69 Å². The Morgan fingerprint density at radius 1 is 1.00 bits per heavy atom. The van der Waals surface area contributed by atoms with Gasteiger partial charge in [0.2, 0.25) is 5.91 Å². The summed E-state index contributed by atoms with van der Waals surface area (Å²) >= 11 is 0. The van der Waals surface area contributed by atoms with E-state index in [2.05, 4.69) is 0 Å². The normalized spacial score (nSPS) is 13.8. The highest BCUT2D eigenvalue weighted by Gasteiger charge is 2.29. The molecule has 18 heavy (non-hydrogen) atoms. The number of para-hydroxylation sites is 2. The minimum absolute atomic E-state index is 0.0218. The Kier molecular flexibility index (Phi) is 2.23. The van der Waals surface area contributed by atoms with E-state index in [-0.39, 0.29) is 5.91 Å². The summed E-state index contributed by atoms with van der Waals surface area (Å²) in [5.74, 6) is 0.0218. The molecule has 4 nitrogen and oxygen atoms in total. The van der Waals surface area contributed by atoms with Gasteiger partial charge in [-0.2, -0.15) is 0 Å². The van der Waals surface area contributed by atoms with Crippen molar-refractivity contribution in [2.45, 2.75) is 6.42 Å². The molecule has 1 aliphatic heterocycles. The van der Waals surface area contributed by atoms with Crippen LogP contribution in [0.15, 0.2) is 42.5 Å². The van der Waals surface area contributed by atoms with Gasteiger partial charge in [0.15, 0.2) is 0 Å². The zero-order valence-electron chi connectivity index (χ0n) is 9.76. The smallest absolute Gasteiger partial charge is 0.236 e. The second kappa shape index (κ2) is 3.77. The summed E-state index contributed by atoms with van der Waals surface area (Å²) in [6, 6.07) is 12.9. The van der Waals surface area contributed by atoms with Crippen molar-refractivity contribution in [3.63, 3.8) is 0 Å². The van der Waals surface area contributed by atoms with Crippen molar-refractivity contribution in [3.05, 3.63) is 48.0 Å². The maximum Gasteiger partial charge on any atom is 0.236 e. The van der Waals surface area contributed by atoms with E-state index in [9.17, 15) is 4.79 Å². The Labute approximate surface area is 105 Å². The van der Waals surface area contributed by atoms with Gasteiger partial charge in [-0.25, -0.2) is 0 Å². The van der Waals surface area contributed by atoms with E-state index in [1.807, 2.05) is 30.3 Å². The Morgan fingerprint density at radius 3 is 2.56 bits per heavy atom. The SMILES string of the molecule is Nc1ccc2c(c1)CC(=O)N2c1ccccc1N. The first kappa shape index (κ1) is 10.7. The molecule has 4 N–H and O–H groups in total. The molecule has 0 atom stereocenters. The molecule has 0 radical (unpaired) electrons. The number of nitrogen functional groups attached to an aromatic ring is 2. The highest BCUT2D eigenvalue weighted by atomic mass is 16.2. The maximum absolute atomic E-state index is 12.1. The summed E-state index contributed by atoms with van der Waals surface area (Å²) < 4.78 is 0. The van der Waals surface area contributed by atoms with Crippen LogP contribution in [0.3, 0.4) is 0 Å². The second-order valence-corrected chi connectivity index (χ2v) is 4.35. The van der Waals surface area contributed by atoms with E-state index in [1.165, 1.54) is 0 Å². The summed E-state index contributed by atoms with van der Waals surface area (Å²) in [4.78, 5) is 13.8. The van der Waals surface area contributed by atoms with E-state index in [4.69, 9.17) is 11.5 Å². The first-order valence-electron chi connectivity index (χ1n) is 5.72. The summed E-state index contributed by atoms with van der Waals surface area (Å²) in [6.45, 7) is 0. The van der Waals surface area contributed by atoms with Crippen molar-refractivity contribution >= 4 is 28.7 Å². The van der Waals surface area contributed by atoms with Crippen LogP contribution in [0.25, 0.3) is 0 Å². The third kappa shape index (κ3) is 1.50. The average Bonchev–Trinajstić information content (AvgIpc) is 2.65. The van der Waals surface area contributed by atoms with E-state index < -0.39 is 0 Å². The Bertz CT molecular complexity index is 637. The zero-order valence-corrected chi connectivity index (χ0v) is 9.76. The Morgan fingerprint density at radius 2 is 1.78 bits per heavy atom. The lowest BCUT2D eigenvalue weighted by Crippen LogP contribution is -2.21. The summed E-state index contributed by atoms with van der Waals surface area (Å²) in [7, 11) is 0. The largest absolute Gasteiger partial charge is 0.399 e. The third-order valence-corrected chi connectivity index (χ3v) is 3.11. The van der Waals surface area contributed by atoms with E-state index in [1.54, 1.807) is 17.0 Å². The molecule has 1 amide bonds. The molecule has 4 heteroatoms. The van der Waals surface area contributed by atoms with Crippen LogP contribution >= 0.6 is 0 Å². The lowest BCUT2D eigenvalue weighted by Gasteiger charge is -2.19. The molecule has 0 saturated carbocycles. The van der Waals surface area contributed by atoms with Crippen LogP contribution in [0.2, 0.25) is 0 Å². The average molecular weight is 239 g/mol. The lowest BCUT2D eigenvalue weighted by atomic mass is 10.1. The minimum Gasteiger partial charge on any atom is -0.399 e. The van der Waals surface area contributed by atoms with Gasteiger partial charge in [0.1, 0.15) is 0 Å². The van der Waals surface area contributed by atoms with Gasteiger partial charge in [-0.1, -0.05) is 12.1 Å². The van der Waals surface area contributed by atoms with Gasteiger partial charge >= 0.3 is 0 Å². The first-order chi connectivity index (χ1) is 8.66. The van der Waals surface area contributed by atoms with E-state index >= 15 is 0 Å². The molecule has 0 aromatic heterocycles. The highest BCUT2D eigenvalue weighted by molar-refractivity contribution is 6.09. The van der Waals surface area contributed by atoms with E-state index in [0.29, 0.717) is 17.8 Å². The number of benzene rings is 2. The Balaban J connectivity index is 2.15. The number of nitrogens with zero attached hydrogens (tertiary/aromatic N) is 1. The van der Waals surface area contributed by atoms with Crippen LogP contribution in [-0.4, -0.2) is 5.91 Å². The number of hydrogen-bond acceptors (Lipinski definition) is 3. The molecule has 0 spiro atoms. The second-order valence-electron chi connectivity index (χ2n) is 4.35. The number of rotatable bonds is 1. The number of fused-ring (bicyclic) bond motifs is 1. The minimum atomic E-state index is 0.0218. The Hall–Kier alpha value is -2.49. The fraction of sp³-hybridized carbons (Fsp3) is 0.0714. The molecule has 3 rings (SSSR count). The van der Waals surface area contributed by atoms with Crippen LogP contribution in [0, 0.1) is 0 Å². The summed E-state index contributed by atoms with van der Waals surface area (Å²) in [5.41, 5.74) is 15.5. The molecule has 1 aliphatic rings. The monoisotopic (exact) mass is 239 g/mol. The van der Waals surface area contributed by atoms with Gasteiger partial charge in [0.05, 0.1) is 23.5 Å². The van der Waals surface area contributed by atoms with Crippen LogP contribution < -0.4 is 16.4 Å².